The lowest BCUT2D eigenvalue weighted by Gasteiger charge is -2.21. The highest BCUT2D eigenvalue weighted by atomic mass is 16.7. The van der Waals surface area contributed by atoms with E-state index < -0.39 is 7.12 Å². The number of methoxy groups -OCH3 is 1. The van der Waals surface area contributed by atoms with Gasteiger partial charge in [-0.15, -0.1) is 0 Å². The van der Waals surface area contributed by atoms with Gasteiger partial charge in [-0.25, -0.2) is 0 Å². The normalized spacial score (nSPS) is 11.4. The van der Waals surface area contributed by atoms with E-state index in [1.54, 1.807) is 12.1 Å². The quantitative estimate of drug-likeness (QED) is 0.597. The van der Waals surface area contributed by atoms with Gasteiger partial charge in [0.1, 0.15) is 5.75 Å². The molecule has 5 heteroatoms. The van der Waals surface area contributed by atoms with Crippen molar-refractivity contribution in [1.82, 2.24) is 0 Å². The molecule has 1 aromatic carbocycles. The summed E-state index contributed by atoms with van der Waals surface area (Å²) < 4.78 is 10.1. The molecule has 0 saturated carbocycles. The Morgan fingerprint density at radius 2 is 1.88 bits per heavy atom. The van der Waals surface area contributed by atoms with Crippen molar-refractivity contribution < 1.29 is 19.5 Å². The maximum atomic E-state index is 9.33. The fourth-order valence-corrected chi connectivity index (χ4v) is 1.47. The van der Waals surface area contributed by atoms with Crippen LogP contribution in [0.25, 0.3) is 0 Å². The summed E-state index contributed by atoms with van der Waals surface area (Å²) in [6, 6.07) is 5.39. The van der Waals surface area contributed by atoms with E-state index in [2.05, 4.69) is 20.8 Å². The van der Waals surface area contributed by atoms with Gasteiger partial charge in [-0.05, 0) is 17.0 Å². The van der Waals surface area contributed by atoms with Gasteiger partial charge in [-0.1, -0.05) is 32.9 Å². The third-order valence-corrected chi connectivity index (χ3v) is 2.49. The van der Waals surface area contributed by atoms with Crippen LogP contribution in [0.1, 0.15) is 26.3 Å². The Morgan fingerprint density at radius 1 is 1.24 bits per heavy atom. The number of hydrogen-bond donors (Lipinski definition) is 2. The average Bonchev–Trinajstić information content (AvgIpc) is 2.24. The SMILES string of the molecule is COCOc1ccc(C(C)(C)C)cc1B(O)O. The monoisotopic (exact) mass is 238 g/mol. The van der Waals surface area contributed by atoms with Crippen LogP contribution < -0.4 is 10.2 Å². The van der Waals surface area contributed by atoms with Gasteiger partial charge in [0.25, 0.3) is 0 Å². The molecule has 0 radical (unpaired) electrons. The first-order chi connectivity index (χ1) is 7.86. The van der Waals surface area contributed by atoms with Gasteiger partial charge in [0.05, 0.1) is 0 Å². The summed E-state index contributed by atoms with van der Waals surface area (Å²) in [4.78, 5) is 0. The molecule has 0 fully saturated rings. The zero-order valence-electron chi connectivity index (χ0n) is 10.7. The van der Waals surface area contributed by atoms with E-state index in [4.69, 9.17) is 9.47 Å². The lowest BCUT2D eigenvalue weighted by atomic mass is 9.75. The summed E-state index contributed by atoms with van der Waals surface area (Å²) in [5.41, 5.74) is 1.32. The smallest absolute Gasteiger partial charge is 0.468 e. The molecule has 0 atom stereocenters. The predicted molar refractivity (Wildman–Crippen MR) is 67.5 cm³/mol. The lowest BCUT2D eigenvalue weighted by molar-refractivity contribution is 0.0517. The molecule has 0 unspecified atom stereocenters. The van der Waals surface area contributed by atoms with Gasteiger partial charge in [0.2, 0.25) is 0 Å². The van der Waals surface area contributed by atoms with E-state index in [-0.39, 0.29) is 12.2 Å². The average molecular weight is 238 g/mol. The molecule has 1 aromatic rings. The molecule has 1 rings (SSSR count). The second kappa shape index (κ2) is 5.53. The van der Waals surface area contributed by atoms with Gasteiger partial charge in [-0.3, -0.25) is 0 Å². The fraction of sp³-hybridized carbons (Fsp3) is 0.500. The van der Waals surface area contributed by atoms with E-state index in [0.29, 0.717) is 11.2 Å². The Kier molecular flexibility index (Phi) is 4.57. The second-order valence-electron chi connectivity index (χ2n) is 4.93. The van der Waals surface area contributed by atoms with Crippen LogP contribution in [0.2, 0.25) is 0 Å². The first-order valence-corrected chi connectivity index (χ1v) is 5.48. The topological polar surface area (TPSA) is 58.9 Å². The van der Waals surface area contributed by atoms with Crippen molar-refractivity contribution in [2.24, 2.45) is 0 Å². The van der Waals surface area contributed by atoms with E-state index in [9.17, 15) is 10.0 Å². The number of rotatable bonds is 4. The second-order valence-corrected chi connectivity index (χ2v) is 4.93. The Bertz CT molecular complexity index is 371. The molecule has 0 aliphatic carbocycles. The van der Waals surface area contributed by atoms with E-state index >= 15 is 0 Å². The third kappa shape index (κ3) is 3.73. The Balaban J connectivity index is 3.08. The van der Waals surface area contributed by atoms with Gasteiger partial charge in [0.15, 0.2) is 6.79 Å². The van der Waals surface area contributed by atoms with Gasteiger partial charge in [-0.2, -0.15) is 0 Å². The van der Waals surface area contributed by atoms with E-state index in [1.165, 1.54) is 7.11 Å². The molecule has 0 aliphatic heterocycles. The summed E-state index contributed by atoms with van der Waals surface area (Å²) in [7, 11) is -0.0392. The predicted octanol–water partition coefficient (Wildman–Crippen LogP) is 0.647. The molecular formula is C12H19BO4. The van der Waals surface area contributed by atoms with Gasteiger partial charge in [0, 0.05) is 12.6 Å². The lowest BCUT2D eigenvalue weighted by Crippen LogP contribution is -2.33. The summed E-state index contributed by atoms with van der Waals surface area (Å²) in [6.07, 6.45) is 0. The van der Waals surface area contributed by atoms with Crippen LogP contribution in [0, 0.1) is 0 Å². The van der Waals surface area contributed by atoms with E-state index in [1.807, 2.05) is 6.07 Å². The van der Waals surface area contributed by atoms with Crippen LogP contribution in [-0.4, -0.2) is 31.1 Å². The molecule has 0 aromatic heterocycles. The number of benzene rings is 1. The van der Waals surface area contributed by atoms with Crippen molar-refractivity contribution in [3.8, 4) is 5.75 Å². The molecule has 2 N–H and O–H groups in total. The Morgan fingerprint density at radius 3 is 2.35 bits per heavy atom. The van der Waals surface area contributed by atoms with Crippen molar-refractivity contribution in [2.45, 2.75) is 26.2 Å². The first-order valence-electron chi connectivity index (χ1n) is 5.48. The summed E-state index contributed by atoms with van der Waals surface area (Å²) in [5, 5.41) is 18.7. The minimum absolute atomic E-state index is 0.0522. The Labute approximate surface area is 102 Å². The van der Waals surface area contributed by atoms with Crippen LogP contribution in [-0.2, 0) is 10.2 Å². The molecule has 0 amide bonds. The van der Waals surface area contributed by atoms with Crippen LogP contribution in [0.3, 0.4) is 0 Å². The van der Waals surface area contributed by atoms with Crippen molar-refractivity contribution in [3.63, 3.8) is 0 Å². The molecule has 94 valence electrons. The molecule has 0 saturated heterocycles. The minimum atomic E-state index is -1.55. The number of hydrogen-bond acceptors (Lipinski definition) is 4. The van der Waals surface area contributed by atoms with Gasteiger partial charge >= 0.3 is 7.12 Å². The molecule has 0 heterocycles. The van der Waals surface area contributed by atoms with Crippen LogP contribution in [0.4, 0.5) is 0 Å². The standard InChI is InChI=1S/C12H19BO4/c1-12(2,3)9-5-6-11(17-8-16-4)10(7-9)13(14)15/h5-7,14-15H,8H2,1-4H3. The first kappa shape index (κ1) is 14.0. The highest BCUT2D eigenvalue weighted by Gasteiger charge is 2.21. The fourth-order valence-electron chi connectivity index (χ4n) is 1.47. The summed E-state index contributed by atoms with van der Waals surface area (Å²) in [5.74, 6) is 0.426. The van der Waals surface area contributed by atoms with Crippen LogP contribution >= 0.6 is 0 Å². The maximum Gasteiger partial charge on any atom is 0.492 e. The highest BCUT2D eigenvalue weighted by Crippen LogP contribution is 2.23. The zero-order chi connectivity index (χ0) is 13.1. The zero-order valence-corrected chi connectivity index (χ0v) is 10.7. The van der Waals surface area contributed by atoms with Crippen LogP contribution in [0.15, 0.2) is 18.2 Å². The molecule has 0 spiro atoms. The molecule has 17 heavy (non-hydrogen) atoms. The molecule has 0 aliphatic rings. The van der Waals surface area contributed by atoms with Crippen molar-refractivity contribution in [1.29, 1.82) is 0 Å². The van der Waals surface area contributed by atoms with Gasteiger partial charge < -0.3 is 19.5 Å². The van der Waals surface area contributed by atoms with Crippen LogP contribution in [0.5, 0.6) is 5.75 Å². The number of ether oxygens (including phenoxy) is 2. The molecule has 4 nitrogen and oxygen atoms in total. The van der Waals surface area contributed by atoms with E-state index in [0.717, 1.165) is 5.56 Å². The molecule has 0 bridgehead atoms. The largest absolute Gasteiger partial charge is 0.492 e. The molecular weight excluding hydrogens is 219 g/mol. The summed E-state index contributed by atoms with van der Waals surface area (Å²) >= 11 is 0. The summed E-state index contributed by atoms with van der Waals surface area (Å²) in [6.45, 7) is 6.26. The van der Waals surface area contributed by atoms with Crippen molar-refractivity contribution in [3.05, 3.63) is 23.8 Å². The van der Waals surface area contributed by atoms with Crippen molar-refractivity contribution in [2.75, 3.05) is 13.9 Å². The highest BCUT2D eigenvalue weighted by molar-refractivity contribution is 6.59. The maximum absolute atomic E-state index is 9.33. The Hall–Kier alpha value is -1.04. The minimum Gasteiger partial charge on any atom is -0.468 e. The third-order valence-electron chi connectivity index (χ3n) is 2.49. The van der Waals surface area contributed by atoms with Crippen molar-refractivity contribution >= 4 is 12.6 Å².